The van der Waals surface area contributed by atoms with Crippen LogP contribution in [-0.2, 0) is 0 Å². The summed E-state index contributed by atoms with van der Waals surface area (Å²) in [5.41, 5.74) is 0.0375. The molecular weight excluding hydrogens is 201 g/mol. The molecule has 4 nitrogen and oxygen atoms in total. The molecule has 0 bridgehead atoms. The molecule has 1 aromatic rings. The van der Waals surface area contributed by atoms with E-state index in [2.05, 4.69) is 0 Å². The molecule has 2 unspecified atom stereocenters. The molecule has 0 saturated carbocycles. The second kappa shape index (κ2) is 4.84. The molecule has 0 radical (unpaired) electrons. The third-order valence-electron chi connectivity index (χ3n) is 2.00. The quantitative estimate of drug-likeness (QED) is 0.661. The number of nitriles is 1. The van der Waals surface area contributed by atoms with Crippen LogP contribution < -0.4 is 0 Å². The second-order valence-corrected chi connectivity index (χ2v) is 3.04. The molecule has 5 heteroatoms. The van der Waals surface area contributed by atoms with E-state index in [4.69, 9.17) is 15.5 Å². The highest BCUT2D eigenvalue weighted by Gasteiger charge is 2.20. The average molecular weight is 211 g/mol. The molecule has 0 amide bonds. The summed E-state index contributed by atoms with van der Waals surface area (Å²) in [5.74, 6) is -0.617. The van der Waals surface area contributed by atoms with Crippen LogP contribution in [0, 0.1) is 17.1 Å². The highest BCUT2D eigenvalue weighted by Crippen LogP contribution is 2.21. The number of aliphatic hydroxyl groups excluding tert-OH is 3. The summed E-state index contributed by atoms with van der Waals surface area (Å²) in [4.78, 5) is 0. The van der Waals surface area contributed by atoms with Crippen LogP contribution in [0.4, 0.5) is 4.39 Å². The second-order valence-electron chi connectivity index (χ2n) is 3.04. The van der Waals surface area contributed by atoms with Crippen molar-refractivity contribution in [3.05, 3.63) is 35.1 Å². The summed E-state index contributed by atoms with van der Waals surface area (Å²) >= 11 is 0. The van der Waals surface area contributed by atoms with E-state index in [1.807, 2.05) is 0 Å². The van der Waals surface area contributed by atoms with E-state index < -0.39 is 24.6 Å². The van der Waals surface area contributed by atoms with Gasteiger partial charge in [-0.15, -0.1) is 0 Å². The molecule has 0 spiro atoms. The number of hydrogen-bond donors (Lipinski definition) is 3. The van der Waals surface area contributed by atoms with E-state index in [1.165, 1.54) is 6.07 Å². The number of nitrogens with zero attached hydrogens (tertiary/aromatic N) is 1. The molecule has 0 saturated heterocycles. The first-order chi connectivity index (χ1) is 7.10. The molecule has 15 heavy (non-hydrogen) atoms. The lowest BCUT2D eigenvalue weighted by Crippen LogP contribution is -2.22. The maximum atomic E-state index is 12.8. The molecule has 1 aromatic carbocycles. The maximum Gasteiger partial charge on any atom is 0.123 e. The third-order valence-corrected chi connectivity index (χ3v) is 2.00. The molecule has 0 heterocycles. The Morgan fingerprint density at radius 1 is 1.40 bits per heavy atom. The molecule has 0 aliphatic carbocycles. The van der Waals surface area contributed by atoms with Crippen molar-refractivity contribution < 1.29 is 19.7 Å². The SMILES string of the molecule is N#Cc1ccc(F)cc1C(O)C(O)CO. The molecule has 0 aliphatic rings. The molecule has 0 aliphatic heterocycles. The van der Waals surface area contributed by atoms with Crippen molar-refractivity contribution in [1.29, 1.82) is 5.26 Å². The van der Waals surface area contributed by atoms with E-state index >= 15 is 0 Å². The van der Waals surface area contributed by atoms with Crippen LogP contribution in [0.25, 0.3) is 0 Å². The third kappa shape index (κ3) is 2.50. The van der Waals surface area contributed by atoms with Crippen LogP contribution in [0.15, 0.2) is 18.2 Å². The number of halogens is 1. The molecule has 3 N–H and O–H groups in total. The lowest BCUT2D eigenvalue weighted by molar-refractivity contribution is -0.0155. The summed E-state index contributed by atoms with van der Waals surface area (Å²) in [5, 5.41) is 36.0. The van der Waals surface area contributed by atoms with Crippen molar-refractivity contribution in [1.82, 2.24) is 0 Å². The molecular formula is C10H10FNO3. The van der Waals surface area contributed by atoms with Gasteiger partial charge < -0.3 is 15.3 Å². The zero-order valence-electron chi connectivity index (χ0n) is 7.76. The van der Waals surface area contributed by atoms with Crippen molar-refractivity contribution in [2.24, 2.45) is 0 Å². The summed E-state index contributed by atoms with van der Waals surface area (Å²) in [7, 11) is 0. The Morgan fingerprint density at radius 2 is 2.07 bits per heavy atom. The Kier molecular flexibility index (Phi) is 3.74. The first kappa shape index (κ1) is 11.6. The van der Waals surface area contributed by atoms with Crippen molar-refractivity contribution in [3.63, 3.8) is 0 Å². The molecule has 0 aromatic heterocycles. The van der Waals surface area contributed by atoms with Gasteiger partial charge in [-0.25, -0.2) is 4.39 Å². The monoisotopic (exact) mass is 211 g/mol. The van der Waals surface area contributed by atoms with Gasteiger partial charge in [0.25, 0.3) is 0 Å². The van der Waals surface area contributed by atoms with Crippen molar-refractivity contribution in [2.75, 3.05) is 6.61 Å². The number of benzene rings is 1. The fourth-order valence-electron chi connectivity index (χ4n) is 1.19. The summed E-state index contributed by atoms with van der Waals surface area (Å²) in [6, 6.07) is 5.01. The topological polar surface area (TPSA) is 84.5 Å². The molecule has 80 valence electrons. The number of aliphatic hydroxyl groups is 3. The Bertz CT molecular complexity index is 389. The Hall–Kier alpha value is -1.48. The largest absolute Gasteiger partial charge is 0.394 e. The average Bonchev–Trinajstić information content (AvgIpc) is 2.27. The summed E-state index contributed by atoms with van der Waals surface area (Å²) < 4.78 is 12.8. The highest BCUT2D eigenvalue weighted by atomic mass is 19.1. The minimum Gasteiger partial charge on any atom is -0.394 e. The van der Waals surface area contributed by atoms with E-state index in [0.29, 0.717) is 0 Å². The minimum atomic E-state index is -1.47. The molecule has 1 rings (SSSR count). The van der Waals surface area contributed by atoms with E-state index in [9.17, 15) is 9.50 Å². The van der Waals surface area contributed by atoms with Gasteiger partial charge in [-0.1, -0.05) is 0 Å². The van der Waals surface area contributed by atoms with Crippen LogP contribution in [0.2, 0.25) is 0 Å². The minimum absolute atomic E-state index is 0.0287. The lowest BCUT2D eigenvalue weighted by atomic mass is 9.99. The zero-order chi connectivity index (χ0) is 11.4. The van der Waals surface area contributed by atoms with Crippen LogP contribution in [0.5, 0.6) is 0 Å². The van der Waals surface area contributed by atoms with Gasteiger partial charge in [0, 0.05) is 5.56 Å². The van der Waals surface area contributed by atoms with Gasteiger partial charge in [-0.3, -0.25) is 0 Å². The van der Waals surface area contributed by atoms with Gasteiger partial charge in [-0.2, -0.15) is 5.26 Å². The smallest absolute Gasteiger partial charge is 0.123 e. The molecule has 0 fully saturated rings. The van der Waals surface area contributed by atoms with Gasteiger partial charge in [0.15, 0.2) is 0 Å². The van der Waals surface area contributed by atoms with Gasteiger partial charge in [0.2, 0.25) is 0 Å². The predicted molar refractivity (Wildman–Crippen MR) is 49.2 cm³/mol. The van der Waals surface area contributed by atoms with Crippen LogP contribution in [-0.4, -0.2) is 28.0 Å². The maximum absolute atomic E-state index is 12.8. The first-order valence-electron chi connectivity index (χ1n) is 4.26. The first-order valence-corrected chi connectivity index (χ1v) is 4.26. The standard InChI is InChI=1S/C10H10FNO3/c11-7-2-1-6(4-12)8(3-7)10(15)9(14)5-13/h1-3,9-10,13-15H,5H2. The highest BCUT2D eigenvalue weighted by molar-refractivity contribution is 5.39. The fourth-order valence-corrected chi connectivity index (χ4v) is 1.19. The fraction of sp³-hybridized carbons (Fsp3) is 0.300. The van der Waals surface area contributed by atoms with Gasteiger partial charge in [-0.05, 0) is 18.2 Å². The van der Waals surface area contributed by atoms with E-state index in [0.717, 1.165) is 12.1 Å². The van der Waals surface area contributed by atoms with Gasteiger partial charge in [0.05, 0.1) is 18.2 Å². The molecule has 2 atom stereocenters. The zero-order valence-corrected chi connectivity index (χ0v) is 7.76. The van der Waals surface area contributed by atoms with E-state index in [1.54, 1.807) is 6.07 Å². The van der Waals surface area contributed by atoms with Gasteiger partial charge in [0.1, 0.15) is 18.0 Å². The van der Waals surface area contributed by atoms with Gasteiger partial charge >= 0.3 is 0 Å². The van der Waals surface area contributed by atoms with Crippen LogP contribution in [0.3, 0.4) is 0 Å². The van der Waals surface area contributed by atoms with E-state index in [-0.39, 0.29) is 11.1 Å². The number of rotatable bonds is 3. The van der Waals surface area contributed by atoms with Crippen molar-refractivity contribution in [3.8, 4) is 6.07 Å². The Labute approximate surface area is 85.8 Å². The Balaban J connectivity index is 3.12. The van der Waals surface area contributed by atoms with Crippen LogP contribution in [0.1, 0.15) is 17.2 Å². The van der Waals surface area contributed by atoms with Crippen LogP contribution >= 0.6 is 0 Å². The number of hydrogen-bond acceptors (Lipinski definition) is 4. The summed E-state index contributed by atoms with van der Waals surface area (Å²) in [6.45, 7) is -0.664. The van der Waals surface area contributed by atoms with Crippen molar-refractivity contribution in [2.45, 2.75) is 12.2 Å². The lowest BCUT2D eigenvalue weighted by Gasteiger charge is -2.16. The van der Waals surface area contributed by atoms with Crippen molar-refractivity contribution >= 4 is 0 Å². The Morgan fingerprint density at radius 3 is 2.60 bits per heavy atom. The summed E-state index contributed by atoms with van der Waals surface area (Å²) in [6.07, 6.45) is -2.90. The normalized spacial score (nSPS) is 14.3. The predicted octanol–water partition coefficient (Wildman–Crippen LogP) is 0.0840.